The molecule has 98 valence electrons. The summed E-state index contributed by atoms with van der Waals surface area (Å²) in [5, 5.41) is 3.41. The van der Waals surface area contributed by atoms with Crippen LogP contribution in [0.15, 0.2) is 18.3 Å². The molecule has 1 fully saturated rings. The second-order valence-corrected chi connectivity index (χ2v) is 4.95. The van der Waals surface area contributed by atoms with Crippen LogP contribution in [0, 0.1) is 0 Å². The Balaban J connectivity index is 1.84. The van der Waals surface area contributed by atoms with Crippen LogP contribution in [-0.2, 0) is 4.79 Å². The van der Waals surface area contributed by atoms with Crippen molar-refractivity contribution in [1.82, 2.24) is 10.3 Å². The van der Waals surface area contributed by atoms with Crippen LogP contribution in [0.5, 0.6) is 5.75 Å². The Kier molecular flexibility index (Phi) is 4.42. The van der Waals surface area contributed by atoms with Gasteiger partial charge in [0.1, 0.15) is 10.9 Å². The Hall–Kier alpha value is -1.29. The van der Waals surface area contributed by atoms with E-state index in [0.717, 1.165) is 12.8 Å². The lowest BCUT2D eigenvalue weighted by Gasteiger charge is -2.17. The Bertz CT molecular complexity index is 402. The zero-order chi connectivity index (χ0) is 13.0. The normalized spacial score (nSPS) is 17.4. The summed E-state index contributed by atoms with van der Waals surface area (Å²) >= 11 is 5.68. The van der Waals surface area contributed by atoms with Crippen molar-refractivity contribution >= 4 is 17.5 Å². The summed E-state index contributed by atoms with van der Waals surface area (Å²) in [7, 11) is 0. The predicted octanol–water partition coefficient (Wildman–Crippen LogP) is 2.56. The van der Waals surface area contributed by atoms with Gasteiger partial charge in [-0.3, -0.25) is 4.79 Å². The summed E-state index contributed by atoms with van der Waals surface area (Å²) in [6, 6.07) is 3.65. The Morgan fingerprint density at radius 2 is 2.22 bits per heavy atom. The highest BCUT2D eigenvalue weighted by atomic mass is 35.5. The third-order valence-electron chi connectivity index (χ3n) is 3.08. The molecule has 1 amide bonds. The Morgan fingerprint density at radius 1 is 1.50 bits per heavy atom. The van der Waals surface area contributed by atoms with Crippen molar-refractivity contribution in [1.29, 1.82) is 0 Å². The third-order valence-corrected chi connectivity index (χ3v) is 3.31. The molecule has 1 aromatic rings. The van der Waals surface area contributed by atoms with Crippen LogP contribution in [0.3, 0.4) is 0 Å². The van der Waals surface area contributed by atoms with Crippen LogP contribution in [0.1, 0.15) is 32.6 Å². The molecule has 1 heterocycles. The molecular weight excluding hydrogens is 252 g/mol. The molecule has 1 saturated carbocycles. The molecule has 1 aromatic heterocycles. The maximum absolute atomic E-state index is 11.9. The van der Waals surface area contributed by atoms with Crippen LogP contribution < -0.4 is 10.1 Å². The molecule has 0 aromatic carbocycles. The van der Waals surface area contributed by atoms with Gasteiger partial charge in [-0.1, -0.05) is 24.4 Å². The number of amides is 1. The quantitative estimate of drug-likeness (QED) is 0.854. The number of carbonyl (C=O) groups excluding carboxylic acids is 1. The molecule has 4 nitrogen and oxygen atoms in total. The lowest BCUT2D eigenvalue weighted by atomic mass is 10.2. The van der Waals surface area contributed by atoms with Gasteiger partial charge in [0.05, 0.1) is 6.20 Å². The van der Waals surface area contributed by atoms with Crippen molar-refractivity contribution in [2.75, 3.05) is 0 Å². The van der Waals surface area contributed by atoms with Crippen molar-refractivity contribution in [2.45, 2.75) is 44.8 Å². The molecule has 1 atom stereocenters. The predicted molar refractivity (Wildman–Crippen MR) is 69.7 cm³/mol. The number of hydrogen-bond donors (Lipinski definition) is 1. The zero-order valence-corrected chi connectivity index (χ0v) is 11.1. The fourth-order valence-electron chi connectivity index (χ4n) is 2.08. The van der Waals surface area contributed by atoms with E-state index in [4.69, 9.17) is 16.3 Å². The smallest absolute Gasteiger partial charge is 0.260 e. The van der Waals surface area contributed by atoms with E-state index < -0.39 is 6.10 Å². The molecule has 18 heavy (non-hydrogen) atoms. The average molecular weight is 269 g/mol. The van der Waals surface area contributed by atoms with Crippen molar-refractivity contribution in [3.05, 3.63) is 23.5 Å². The molecule has 0 aliphatic heterocycles. The molecule has 0 bridgehead atoms. The second kappa shape index (κ2) is 6.05. The molecule has 1 unspecified atom stereocenters. The molecular formula is C13H17ClN2O2. The molecule has 0 spiro atoms. The van der Waals surface area contributed by atoms with E-state index in [-0.39, 0.29) is 5.91 Å². The highest BCUT2D eigenvalue weighted by molar-refractivity contribution is 6.29. The number of carbonyl (C=O) groups is 1. The van der Waals surface area contributed by atoms with Gasteiger partial charge in [-0.15, -0.1) is 0 Å². The van der Waals surface area contributed by atoms with Gasteiger partial charge in [-0.05, 0) is 31.9 Å². The number of nitrogens with zero attached hydrogens (tertiary/aromatic N) is 1. The Labute approximate surface area is 112 Å². The first-order valence-corrected chi connectivity index (χ1v) is 6.61. The molecule has 1 N–H and O–H groups in total. The van der Waals surface area contributed by atoms with Crippen LogP contribution >= 0.6 is 11.6 Å². The van der Waals surface area contributed by atoms with E-state index in [1.54, 1.807) is 19.1 Å². The number of pyridine rings is 1. The highest BCUT2D eigenvalue weighted by Gasteiger charge is 2.21. The van der Waals surface area contributed by atoms with Crippen molar-refractivity contribution < 1.29 is 9.53 Å². The third kappa shape index (κ3) is 3.60. The second-order valence-electron chi connectivity index (χ2n) is 4.57. The van der Waals surface area contributed by atoms with Crippen LogP contribution in [0.2, 0.25) is 5.15 Å². The molecule has 0 saturated heterocycles. The van der Waals surface area contributed by atoms with Gasteiger partial charge in [0, 0.05) is 6.04 Å². The number of hydrogen-bond acceptors (Lipinski definition) is 3. The average Bonchev–Trinajstić information content (AvgIpc) is 2.85. The first kappa shape index (κ1) is 13.1. The van der Waals surface area contributed by atoms with Crippen molar-refractivity contribution in [3.63, 3.8) is 0 Å². The fraction of sp³-hybridized carbons (Fsp3) is 0.538. The van der Waals surface area contributed by atoms with E-state index in [2.05, 4.69) is 10.3 Å². The summed E-state index contributed by atoms with van der Waals surface area (Å²) < 4.78 is 5.51. The molecule has 1 aliphatic rings. The molecule has 5 heteroatoms. The number of nitrogens with one attached hydrogen (secondary N) is 1. The fourth-order valence-corrected chi connectivity index (χ4v) is 2.19. The van der Waals surface area contributed by atoms with Crippen LogP contribution in [0.25, 0.3) is 0 Å². The van der Waals surface area contributed by atoms with Gasteiger partial charge >= 0.3 is 0 Å². The van der Waals surface area contributed by atoms with Gasteiger partial charge in [-0.25, -0.2) is 4.98 Å². The summed E-state index contributed by atoms with van der Waals surface area (Å²) in [6.45, 7) is 1.74. The topological polar surface area (TPSA) is 51.2 Å². The van der Waals surface area contributed by atoms with Crippen molar-refractivity contribution in [3.8, 4) is 5.75 Å². The minimum atomic E-state index is -0.520. The number of ether oxygens (including phenoxy) is 1. The van der Waals surface area contributed by atoms with Crippen LogP contribution in [0.4, 0.5) is 0 Å². The highest BCUT2D eigenvalue weighted by Crippen LogP contribution is 2.18. The van der Waals surface area contributed by atoms with E-state index in [0.29, 0.717) is 16.9 Å². The number of aromatic nitrogens is 1. The lowest BCUT2D eigenvalue weighted by Crippen LogP contribution is -2.41. The van der Waals surface area contributed by atoms with E-state index >= 15 is 0 Å². The Morgan fingerprint density at radius 3 is 2.83 bits per heavy atom. The van der Waals surface area contributed by atoms with Crippen molar-refractivity contribution in [2.24, 2.45) is 0 Å². The maximum Gasteiger partial charge on any atom is 0.260 e. The van der Waals surface area contributed by atoms with Gasteiger partial charge in [0.15, 0.2) is 6.10 Å². The zero-order valence-electron chi connectivity index (χ0n) is 10.4. The molecule has 1 aliphatic carbocycles. The summed E-state index contributed by atoms with van der Waals surface area (Å²) in [6.07, 6.45) is 5.53. The maximum atomic E-state index is 11.9. The molecule has 2 rings (SSSR count). The summed E-state index contributed by atoms with van der Waals surface area (Å²) in [5.74, 6) is 0.477. The first-order chi connectivity index (χ1) is 8.65. The van der Waals surface area contributed by atoms with Gasteiger partial charge in [0.25, 0.3) is 5.91 Å². The number of halogens is 1. The minimum Gasteiger partial charge on any atom is -0.479 e. The minimum absolute atomic E-state index is 0.0724. The largest absolute Gasteiger partial charge is 0.479 e. The SMILES string of the molecule is CC(Oc1ccc(Cl)nc1)C(=O)NC1CCCC1. The van der Waals surface area contributed by atoms with E-state index in [1.165, 1.54) is 19.0 Å². The van der Waals surface area contributed by atoms with Crippen LogP contribution in [-0.4, -0.2) is 23.0 Å². The van der Waals surface area contributed by atoms with Gasteiger partial charge < -0.3 is 10.1 Å². The van der Waals surface area contributed by atoms with E-state index in [1.807, 2.05) is 0 Å². The standard InChI is InChI=1S/C13H17ClN2O2/c1-9(13(17)16-10-4-2-3-5-10)18-11-6-7-12(14)15-8-11/h6-10H,2-5H2,1H3,(H,16,17). The summed E-state index contributed by atoms with van der Waals surface area (Å²) in [4.78, 5) is 15.8. The number of rotatable bonds is 4. The summed E-state index contributed by atoms with van der Waals surface area (Å²) in [5.41, 5.74) is 0. The van der Waals surface area contributed by atoms with Gasteiger partial charge in [-0.2, -0.15) is 0 Å². The lowest BCUT2D eigenvalue weighted by molar-refractivity contribution is -0.127. The monoisotopic (exact) mass is 268 g/mol. The van der Waals surface area contributed by atoms with Gasteiger partial charge in [0.2, 0.25) is 0 Å². The molecule has 0 radical (unpaired) electrons. The van der Waals surface area contributed by atoms with E-state index in [9.17, 15) is 4.79 Å². The first-order valence-electron chi connectivity index (χ1n) is 6.24.